The topological polar surface area (TPSA) is 71.3 Å². The molecule has 132 valence electrons. The van der Waals surface area contributed by atoms with Crippen LogP contribution in [0.25, 0.3) is 0 Å². The molecule has 1 fully saturated rings. The molecule has 1 aromatic heterocycles. The van der Waals surface area contributed by atoms with Gasteiger partial charge in [-0.05, 0) is 32.1 Å². The molecule has 0 aliphatic carbocycles. The van der Waals surface area contributed by atoms with E-state index in [1.165, 1.54) is 0 Å². The summed E-state index contributed by atoms with van der Waals surface area (Å²) in [6.07, 6.45) is 8.92. The Bertz CT molecular complexity index is 540. The van der Waals surface area contributed by atoms with Crippen LogP contribution in [-0.2, 0) is 16.8 Å². The molecule has 8 heteroatoms. The standard InChI is InChI=1S/C15H29N5O2S/c1-3-10-19(11-4-2)23(21,22)20-12-6-5-7-15(20)8-13-18-14-9-16-17-18/h9,14-15H,3-8,10-13H2,1-2H3. The van der Waals surface area contributed by atoms with Gasteiger partial charge in [0, 0.05) is 38.4 Å². The molecule has 0 spiro atoms. The Balaban J connectivity index is 2.08. The highest BCUT2D eigenvalue weighted by Crippen LogP contribution is 2.25. The molecular weight excluding hydrogens is 314 g/mol. The fourth-order valence-electron chi connectivity index (χ4n) is 3.19. The van der Waals surface area contributed by atoms with E-state index in [2.05, 4.69) is 10.3 Å². The normalized spacial score (nSPS) is 20.2. The molecule has 1 atom stereocenters. The molecular formula is C15H29N5O2S. The first kappa shape index (κ1) is 18.4. The van der Waals surface area contributed by atoms with Crippen LogP contribution in [0.1, 0.15) is 52.4 Å². The van der Waals surface area contributed by atoms with Gasteiger partial charge in [0.05, 0.1) is 6.20 Å². The molecule has 7 nitrogen and oxygen atoms in total. The van der Waals surface area contributed by atoms with Crippen molar-refractivity contribution < 1.29 is 8.42 Å². The largest absolute Gasteiger partial charge is 0.282 e. The van der Waals surface area contributed by atoms with Crippen LogP contribution in [0.4, 0.5) is 0 Å². The Morgan fingerprint density at radius 2 is 1.96 bits per heavy atom. The van der Waals surface area contributed by atoms with Crippen molar-refractivity contribution in [3.63, 3.8) is 0 Å². The van der Waals surface area contributed by atoms with Crippen molar-refractivity contribution in [1.29, 1.82) is 0 Å². The maximum atomic E-state index is 13.1. The van der Waals surface area contributed by atoms with E-state index in [1.54, 1.807) is 19.5 Å². The third-order valence-corrected chi connectivity index (χ3v) is 6.40. The predicted molar refractivity (Wildman–Crippen MR) is 90.1 cm³/mol. The minimum atomic E-state index is -3.37. The summed E-state index contributed by atoms with van der Waals surface area (Å²) < 4.78 is 31.3. The van der Waals surface area contributed by atoms with E-state index in [0.717, 1.165) is 38.5 Å². The average molecular weight is 343 g/mol. The van der Waals surface area contributed by atoms with Gasteiger partial charge in [-0.2, -0.15) is 17.0 Å². The molecule has 0 aromatic carbocycles. The van der Waals surface area contributed by atoms with Crippen molar-refractivity contribution in [2.24, 2.45) is 0 Å². The highest BCUT2D eigenvalue weighted by molar-refractivity contribution is 7.86. The van der Waals surface area contributed by atoms with Gasteiger partial charge in [-0.15, -0.1) is 5.10 Å². The highest BCUT2D eigenvalue weighted by atomic mass is 32.2. The number of piperidine rings is 1. The lowest BCUT2D eigenvalue weighted by molar-refractivity contribution is 0.213. The van der Waals surface area contributed by atoms with Crippen LogP contribution in [0, 0.1) is 0 Å². The number of nitrogens with zero attached hydrogens (tertiary/aromatic N) is 5. The molecule has 0 bridgehead atoms. The summed E-state index contributed by atoms with van der Waals surface area (Å²) in [5.41, 5.74) is 0. The number of aromatic nitrogens is 3. The Kier molecular flexibility index (Phi) is 6.98. The van der Waals surface area contributed by atoms with Gasteiger partial charge < -0.3 is 0 Å². The van der Waals surface area contributed by atoms with Gasteiger partial charge in [-0.1, -0.05) is 25.5 Å². The SMILES string of the molecule is CCCN(CCC)S(=O)(=O)N1CCCCC1CCn1ccnn1. The molecule has 0 amide bonds. The van der Waals surface area contributed by atoms with E-state index < -0.39 is 10.2 Å². The number of hydrogen-bond acceptors (Lipinski definition) is 4. The first-order chi connectivity index (χ1) is 11.1. The smallest absolute Gasteiger partial charge is 0.253 e. The van der Waals surface area contributed by atoms with Crippen LogP contribution < -0.4 is 0 Å². The fraction of sp³-hybridized carbons (Fsp3) is 0.867. The number of aryl methyl sites for hydroxylation is 1. The second-order valence-corrected chi connectivity index (χ2v) is 8.00. The zero-order valence-electron chi connectivity index (χ0n) is 14.3. The van der Waals surface area contributed by atoms with Gasteiger partial charge in [0.1, 0.15) is 0 Å². The quantitative estimate of drug-likeness (QED) is 0.686. The van der Waals surface area contributed by atoms with Crippen LogP contribution in [0.15, 0.2) is 12.4 Å². The van der Waals surface area contributed by atoms with Gasteiger partial charge in [0.15, 0.2) is 0 Å². The highest BCUT2D eigenvalue weighted by Gasteiger charge is 2.35. The molecule has 23 heavy (non-hydrogen) atoms. The minimum Gasteiger partial charge on any atom is -0.253 e. The monoisotopic (exact) mass is 343 g/mol. The van der Waals surface area contributed by atoms with E-state index in [1.807, 2.05) is 20.0 Å². The average Bonchev–Trinajstić information content (AvgIpc) is 3.06. The van der Waals surface area contributed by atoms with Crippen molar-refractivity contribution >= 4 is 10.2 Å². The third kappa shape index (κ3) is 4.74. The second kappa shape index (κ2) is 8.75. The van der Waals surface area contributed by atoms with Crippen LogP contribution >= 0.6 is 0 Å². The molecule has 1 aliphatic rings. The lowest BCUT2D eigenvalue weighted by Gasteiger charge is -2.38. The summed E-state index contributed by atoms with van der Waals surface area (Å²) in [5.74, 6) is 0. The van der Waals surface area contributed by atoms with Crippen LogP contribution in [0.3, 0.4) is 0 Å². The second-order valence-electron chi connectivity index (χ2n) is 6.12. The van der Waals surface area contributed by atoms with Crippen molar-refractivity contribution in [2.75, 3.05) is 19.6 Å². The Morgan fingerprint density at radius 1 is 1.22 bits per heavy atom. The van der Waals surface area contributed by atoms with Crippen LogP contribution in [0.2, 0.25) is 0 Å². The molecule has 1 unspecified atom stereocenters. The molecule has 2 heterocycles. The van der Waals surface area contributed by atoms with E-state index >= 15 is 0 Å². The summed E-state index contributed by atoms with van der Waals surface area (Å²) in [4.78, 5) is 0. The molecule has 0 saturated carbocycles. The summed E-state index contributed by atoms with van der Waals surface area (Å²) >= 11 is 0. The summed E-state index contributed by atoms with van der Waals surface area (Å²) in [5, 5.41) is 7.77. The zero-order chi connectivity index (χ0) is 16.7. The Morgan fingerprint density at radius 3 is 2.57 bits per heavy atom. The van der Waals surface area contributed by atoms with E-state index in [4.69, 9.17) is 0 Å². The van der Waals surface area contributed by atoms with E-state index in [0.29, 0.717) is 26.2 Å². The van der Waals surface area contributed by atoms with Gasteiger partial charge in [-0.25, -0.2) is 0 Å². The van der Waals surface area contributed by atoms with Crippen LogP contribution in [0.5, 0.6) is 0 Å². The maximum Gasteiger partial charge on any atom is 0.282 e. The first-order valence-electron chi connectivity index (χ1n) is 8.70. The third-order valence-electron chi connectivity index (χ3n) is 4.31. The number of hydrogen-bond donors (Lipinski definition) is 0. The predicted octanol–water partition coefficient (Wildman–Crippen LogP) is 1.89. The first-order valence-corrected chi connectivity index (χ1v) is 10.1. The maximum absolute atomic E-state index is 13.1. The van der Waals surface area contributed by atoms with Gasteiger partial charge in [-0.3, -0.25) is 4.68 Å². The van der Waals surface area contributed by atoms with Crippen molar-refractivity contribution in [1.82, 2.24) is 23.6 Å². The molecule has 1 saturated heterocycles. The fourth-order valence-corrected chi connectivity index (χ4v) is 5.26. The summed E-state index contributed by atoms with van der Waals surface area (Å²) in [6.45, 7) is 6.59. The van der Waals surface area contributed by atoms with Crippen molar-refractivity contribution in [3.8, 4) is 0 Å². The lowest BCUT2D eigenvalue weighted by atomic mass is 10.0. The molecule has 1 aromatic rings. The Hall–Kier alpha value is -0.990. The molecule has 1 aliphatic heterocycles. The van der Waals surface area contributed by atoms with Gasteiger partial charge >= 0.3 is 0 Å². The van der Waals surface area contributed by atoms with E-state index in [9.17, 15) is 8.42 Å². The van der Waals surface area contributed by atoms with E-state index in [-0.39, 0.29) is 6.04 Å². The van der Waals surface area contributed by atoms with Crippen LogP contribution in [-0.4, -0.2) is 57.7 Å². The number of rotatable bonds is 9. The lowest BCUT2D eigenvalue weighted by Crippen LogP contribution is -2.51. The summed E-state index contributed by atoms with van der Waals surface area (Å²) in [6, 6.07) is 0.0640. The van der Waals surface area contributed by atoms with Gasteiger partial charge in [0.2, 0.25) is 0 Å². The van der Waals surface area contributed by atoms with Gasteiger partial charge in [0.25, 0.3) is 10.2 Å². The minimum absolute atomic E-state index is 0.0640. The zero-order valence-corrected chi connectivity index (χ0v) is 15.1. The molecule has 0 radical (unpaired) electrons. The summed E-state index contributed by atoms with van der Waals surface area (Å²) in [7, 11) is -3.37. The Labute approximate surface area is 139 Å². The van der Waals surface area contributed by atoms with Crippen molar-refractivity contribution in [3.05, 3.63) is 12.4 Å². The van der Waals surface area contributed by atoms with Crippen molar-refractivity contribution in [2.45, 2.75) is 65.0 Å². The molecule has 2 rings (SSSR count). The molecule has 0 N–H and O–H groups in total.